The minimum Gasteiger partial charge on any atom is -0.385 e. The van der Waals surface area contributed by atoms with Gasteiger partial charge in [0.25, 0.3) is 0 Å². The third-order valence-electron chi connectivity index (χ3n) is 8.35. The molecule has 1 aliphatic heterocycles. The summed E-state index contributed by atoms with van der Waals surface area (Å²) in [4.78, 5) is 20.5. The number of pyridine rings is 1. The number of hydrogen-bond donors (Lipinski definition) is 1. The Kier molecular flexibility index (Phi) is 4.69. The summed E-state index contributed by atoms with van der Waals surface area (Å²) in [5.41, 5.74) is 3.95. The number of amides is 1. The van der Waals surface area contributed by atoms with Gasteiger partial charge < -0.3 is 10.0 Å². The predicted molar refractivity (Wildman–Crippen MR) is 128 cm³/mol. The first-order valence-corrected chi connectivity index (χ1v) is 12.1. The van der Waals surface area contributed by atoms with Gasteiger partial charge in [0.15, 0.2) is 0 Å². The molecule has 5 heteroatoms. The summed E-state index contributed by atoms with van der Waals surface area (Å²) in [5.74, 6) is 0.511. The lowest BCUT2D eigenvalue weighted by Gasteiger charge is -2.42. The molecule has 33 heavy (non-hydrogen) atoms. The van der Waals surface area contributed by atoms with Gasteiger partial charge in [-0.25, -0.2) is 0 Å². The first kappa shape index (κ1) is 20.9. The molecule has 1 amide bonds. The molecule has 1 fully saturated rings. The summed E-state index contributed by atoms with van der Waals surface area (Å²) in [6.45, 7) is 3.16. The third-order valence-corrected chi connectivity index (χ3v) is 8.58. The van der Waals surface area contributed by atoms with Crippen LogP contribution in [-0.4, -0.2) is 34.0 Å². The molecule has 2 heterocycles. The minimum absolute atomic E-state index is 0.0807. The molecule has 0 radical (unpaired) electrons. The van der Waals surface area contributed by atoms with Crippen LogP contribution in [0, 0.1) is 5.92 Å². The number of rotatable bonds is 3. The van der Waals surface area contributed by atoms with Crippen molar-refractivity contribution in [2.45, 2.75) is 43.1 Å². The summed E-state index contributed by atoms with van der Waals surface area (Å²) in [7, 11) is 0. The molecule has 6 rings (SSSR count). The van der Waals surface area contributed by atoms with Gasteiger partial charge in [-0.1, -0.05) is 48.0 Å². The van der Waals surface area contributed by atoms with Gasteiger partial charge >= 0.3 is 0 Å². The number of benzene rings is 2. The Labute approximate surface area is 199 Å². The van der Waals surface area contributed by atoms with Crippen LogP contribution in [0.2, 0.25) is 5.02 Å². The monoisotopic (exact) mass is 458 g/mol. The third kappa shape index (κ3) is 2.93. The fourth-order valence-electron chi connectivity index (χ4n) is 6.58. The van der Waals surface area contributed by atoms with Gasteiger partial charge in [-0.15, -0.1) is 0 Å². The highest BCUT2D eigenvalue weighted by Gasteiger charge is 2.58. The van der Waals surface area contributed by atoms with Crippen molar-refractivity contribution in [3.05, 3.63) is 99.8 Å². The van der Waals surface area contributed by atoms with E-state index in [4.69, 9.17) is 11.6 Å². The number of hydrogen-bond acceptors (Lipinski definition) is 3. The second kappa shape index (κ2) is 7.41. The van der Waals surface area contributed by atoms with E-state index in [1.165, 1.54) is 11.1 Å². The van der Waals surface area contributed by atoms with E-state index in [-0.39, 0.29) is 17.7 Å². The van der Waals surface area contributed by atoms with Crippen molar-refractivity contribution in [2.75, 3.05) is 13.1 Å². The van der Waals surface area contributed by atoms with E-state index in [1.807, 2.05) is 42.2 Å². The fourth-order valence-corrected chi connectivity index (χ4v) is 6.75. The number of nitrogens with zero attached hydrogens (tertiary/aromatic N) is 2. The van der Waals surface area contributed by atoms with Gasteiger partial charge in [-0.05, 0) is 72.6 Å². The standard InChI is InChI=1S/C28H27ClN2O2/c1-27(33,19-5-4-12-30-17-19)18-10-13-31(14-11-18)26(32)28-16-23(21-6-2-3-7-24(21)28)22-9-8-20(29)15-25(22)28/h2-9,12,15,17-18,23,33H,10-11,13-14,16H2,1H3/t23-,27-,28-/m0/s1. The summed E-state index contributed by atoms with van der Waals surface area (Å²) in [6, 6.07) is 18.2. The molecule has 1 saturated heterocycles. The van der Waals surface area contributed by atoms with Crippen LogP contribution < -0.4 is 0 Å². The van der Waals surface area contributed by atoms with Crippen LogP contribution in [0.15, 0.2) is 67.0 Å². The summed E-state index contributed by atoms with van der Waals surface area (Å²) < 4.78 is 0. The molecule has 0 unspecified atom stereocenters. The molecule has 1 aromatic heterocycles. The molecule has 2 aliphatic carbocycles. The smallest absolute Gasteiger partial charge is 0.237 e. The van der Waals surface area contributed by atoms with Crippen molar-refractivity contribution in [2.24, 2.45) is 5.92 Å². The number of fused-ring (bicyclic) bond motifs is 8. The topological polar surface area (TPSA) is 53.4 Å². The zero-order valence-electron chi connectivity index (χ0n) is 18.7. The minimum atomic E-state index is -0.958. The SMILES string of the molecule is C[C@@](O)(c1cccnc1)C1CCN(C(=O)[C@@]23C[C@@H](c4ccccc42)c2ccc(Cl)cc23)CC1. The molecule has 0 saturated carbocycles. The number of halogens is 1. The van der Waals surface area contributed by atoms with Crippen molar-refractivity contribution >= 4 is 17.5 Å². The quantitative estimate of drug-likeness (QED) is 0.599. The Morgan fingerprint density at radius 3 is 2.61 bits per heavy atom. The van der Waals surface area contributed by atoms with Crippen molar-refractivity contribution in [1.29, 1.82) is 0 Å². The number of piperidine rings is 1. The Morgan fingerprint density at radius 2 is 1.85 bits per heavy atom. The van der Waals surface area contributed by atoms with Crippen molar-refractivity contribution in [3.63, 3.8) is 0 Å². The van der Waals surface area contributed by atoms with Crippen LogP contribution in [0.3, 0.4) is 0 Å². The maximum Gasteiger partial charge on any atom is 0.237 e. The average molecular weight is 459 g/mol. The van der Waals surface area contributed by atoms with Crippen LogP contribution in [0.5, 0.6) is 0 Å². The number of aromatic nitrogens is 1. The van der Waals surface area contributed by atoms with E-state index in [2.05, 4.69) is 29.2 Å². The number of carbonyl (C=O) groups excluding carboxylic acids is 1. The number of carbonyl (C=O) groups is 1. The average Bonchev–Trinajstić information content (AvgIpc) is 3.37. The zero-order chi connectivity index (χ0) is 22.8. The van der Waals surface area contributed by atoms with Crippen molar-refractivity contribution in [3.8, 4) is 0 Å². The Balaban J connectivity index is 1.31. The van der Waals surface area contributed by atoms with Gasteiger partial charge in [-0.2, -0.15) is 0 Å². The van der Waals surface area contributed by atoms with E-state index in [0.29, 0.717) is 18.1 Å². The fraction of sp³-hybridized carbons (Fsp3) is 0.357. The number of aliphatic hydroxyl groups is 1. The van der Waals surface area contributed by atoms with Crippen LogP contribution in [-0.2, 0) is 15.8 Å². The van der Waals surface area contributed by atoms with Gasteiger partial charge in [0.1, 0.15) is 5.41 Å². The summed E-state index contributed by atoms with van der Waals surface area (Å²) in [6.07, 6.45) is 5.77. The molecule has 4 nitrogen and oxygen atoms in total. The van der Waals surface area contributed by atoms with E-state index in [9.17, 15) is 9.90 Å². The molecule has 3 aromatic rings. The van der Waals surface area contributed by atoms with Crippen LogP contribution in [0.25, 0.3) is 0 Å². The van der Waals surface area contributed by atoms with E-state index in [0.717, 1.165) is 36.0 Å². The molecular formula is C28H27ClN2O2. The van der Waals surface area contributed by atoms with Gasteiger partial charge in [0.2, 0.25) is 5.91 Å². The Bertz CT molecular complexity index is 1230. The van der Waals surface area contributed by atoms with Gasteiger partial charge in [0, 0.05) is 42.0 Å². The Morgan fingerprint density at radius 1 is 1.09 bits per heavy atom. The van der Waals surface area contributed by atoms with E-state index >= 15 is 0 Å². The zero-order valence-corrected chi connectivity index (χ0v) is 19.4. The Hall–Kier alpha value is -2.69. The highest BCUT2D eigenvalue weighted by Crippen LogP contribution is 2.61. The molecule has 3 atom stereocenters. The normalized spacial score (nSPS) is 25.4. The second-order valence-electron chi connectivity index (χ2n) is 9.94. The highest BCUT2D eigenvalue weighted by molar-refractivity contribution is 6.30. The molecule has 168 valence electrons. The number of likely N-dealkylation sites (tertiary alicyclic amines) is 1. The second-order valence-corrected chi connectivity index (χ2v) is 10.4. The lowest BCUT2D eigenvalue weighted by atomic mass is 9.73. The van der Waals surface area contributed by atoms with Crippen molar-refractivity contribution < 1.29 is 9.90 Å². The molecule has 0 spiro atoms. The summed E-state index contributed by atoms with van der Waals surface area (Å²) in [5, 5.41) is 12.0. The van der Waals surface area contributed by atoms with Gasteiger partial charge in [-0.3, -0.25) is 9.78 Å². The lowest BCUT2D eigenvalue weighted by Crippen LogP contribution is -2.51. The lowest BCUT2D eigenvalue weighted by molar-refractivity contribution is -0.139. The molecule has 2 aromatic carbocycles. The van der Waals surface area contributed by atoms with Crippen molar-refractivity contribution in [1.82, 2.24) is 9.88 Å². The van der Waals surface area contributed by atoms with Crippen LogP contribution in [0.1, 0.15) is 59.9 Å². The largest absolute Gasteiger partial charge is 0.385 e. The predicted octanol–water partition coefficient (Wildman–Crippen LogP) is 5.02. The molecular weight excluding hydrogens is 432 g/mol. The van der Waals surface area contributed by atoms with E-state index < -0.39 is 11.0 Å². The maximum atomic E-state index is 14.3. The van der Waals surface area contributed by atoms with Crippen LogP contribution >= 0.6 is 11.6 Å². The summed E-state index contributed by atoms with van der Waals surface area (Å²) >= 11 is 6.41. The maximum absolute atomic E-state index is 14.3. The van der Waals surface area contributed by atoms with Gasteiger partial charge in [0.05, 0.1) is 5.60 Å². The van der Waals surface area contributed by atoms with E-state index in [1.54, 1.807) is 12.4 Å². The van der Waals surface area contributed by atoms with Crippen LogP contribution in [0.4, 0.5) is 0 Å². The molecule has 1 N–H and O–H groups in total. The molecule has 2 bridgehead atoms. The molecule has 3 aliphatic rings. The highest BCUT2D eigenvalue weighted by atomic mass is 35.5. The first-order valence-electron chi connectivity index (χ1n) is 11.7. The first-order chi connectivity index (χ1) is 15.9.